The Morgan fingerprint density at radius 1 is 1.19 bits per heavy atom. The zero-order valence-corrected chi connectivity index (χ0v) is 15.3. The molecule has 1 atom stereocenters. The van der Waals surface area contributed by atoms with Crippen LogP contribution < -0.4 is 0 Å². The van der Waals surface area contributed by atoms with E-state index in [2.05, 4.69) is 37.9 Å². The van der Waals surface area contributed by atoms with Gasteiger partial charge in [0.05, 0.1) is 18.3 Å². The number of fused-ring (bicyclic) bond motifs is 1. The van der Waals surface area contributed by atoms with E-state index in [1.165, 1.54) is 5.39 Å². The van der Waals surface area contributed by atoms with E-state index in [0.717, 1.165) is 16.8 Å². The van der Waals surface area contributed by atoms with Crippen molar-refractivity contribution in [1.82, 2.24) is 24.6 Å². The Labute approximate surface area is 157 Å². The smallest absolute Gasteiger partial charge is 0.274 e. The molecule has 0 aliphatic heterocycles. The summed E-state index contributed by atoms with van der Waals surface area (Å²) in [5, 5.41) is 8.42. The summed E-state index contributed by atoms with van der Waals surface area (Å²) in [6.07, 6.45) is 5.51. The number of nitrogens with zero attached hydrogens (tertiary/aromatic N) is 4. The Bertz CT molecular complexity index is 1070. The Morgan fingerprint density at radius 2 is 1.96 bits per heavy atom. The lowest BCUT2D eigenvalue weighted by Gasteiger charge is -2.24. The van der Waals surface area contributed by atoms with Crippen LogP contribution in [0.25, 0.3) is 10.9 Å². The molecule has 0 aliphatic rings. The SMILES string of the molecule is C[C@@H](c1ccncc1)N(C)C(=O)c1cc(Cn2ccc3ccccc32)[nH]n1. The maximum absolute atomic E-state index is 12.8. The van der Waals surface area contributed by atoms with Crippen molar-refractivity contribution in [3.63, 3.8) is 0 Å². The first-order chi connectivity index (χ1) is 13.1. The minimum atomic E-state index is -0.112. The molecule has 0 saturated carbocycles. The predicted molar refractivity (Wildman–Crippen MR) is 104 cm³/mol. The molecule has 6 heteroatoms. The van der Waals surface area contributed by atoms with Crippen molar-refractivity contribution in [3.05, 3.63) is 84.1 Å². The van der Waals surface area contributed by atoms with Gasteiger partial charge in [0.2, 0.25) is 0 Å². The van der Waals surface area contributed by atoms with Crippen molar-refractivity contribution in [1.29, 1.82) is 0 Å². The summed E-state index contributed by atoms with van der Waals surface area (Å²) in [7, 11) is 1.79. The molecule has 1 amide bonds. The molecule has 0 spiro atoms. The van der Waals surface area contributed by atoms with Gasteiger partial charge in [0.15, 0.2) is 0 Å². The predicted octanol–water partition coefficient (Wildman–Crippen LogP) is 3.64. The van der Waals surface area contributed by atoms with Gasteiger partial charge in [-0.25, -0.2) is 0 Å². The zero-order valence-electron chi connectivity index (χ0n) is 15.3. The van der Waals surface area contributed by atoms with E-state index >= 15 is 0 Å². The fourth-order valence-corrected chi connectivity index (χ4v) is 3.24. The number of nitrogens with one attached hydrogen (secondary N) is 1. The van der Waals surface area contributed by atoms with Crippen molar-refractivity contribution >= 4 is 16.8 Å². The average molecular weight is 359 g/mol. The zero-order chi connectivity index (χ0) is 18.8. The molecule has 0 unspecified atom stereocenters. The molecule has 4 aromatic rings. The van der Waals surface area contributed by atoms with Crippen molar-refractivity contribution in [2.24, 2.45) is 0 Å². The second kappa shape index (κ2) is 7.07. The van der Waals surface area contributed by atoms with Crippen LogP contribution >= 0.6 is 0 Å². The number of aromatic amines is 1. The molecule has 0 bridgehead atoms. The largest absolute Gasteiger partial charge is 0.341 e. The number of carbonyl (C=O) groups excluding carboxylic acids is 1. The third-order valence-corrected chi connectivity index (χ3v) is 4.96. The number of hydrogen-bond donors (Lipinski definition) is 1. The first-order valence-electron chi connectivity index (χ1n) is 8.89. The average Bonchev–Trinajstić information content (AvgIpc) is 3.35. The molecule has 1 N–H and O–H groups in total. The summed E-state index contributed by atoms with van der Waals surface area (Å²) in [4.78, 5) is 18.5. The summed E-state index contributed by atoms with van der Waals surface area (Å²) < 4.78 is 2.14. The van der Waals surface area contributed by atoms with Gasteiger partial charge in [0, 0.05) is 31.2 Å². The number of aromatic nitrogens is 4. The van der Waals surface area contributed by atoms with Gasteiger partial charge in [0.1, 0.15) is 5.69 Å². The van der Waals surface area contributed by atoms with Crippen molar-refractivity contribution in [2.75, 3.05) is 7.05 Å². The van der Waals surface area contributed by atoms with E-state index < -0.39 is 0 Å². The van der Waals surface area contributed by atoms with Crippen LogP contribution in [0.3, 0.4) is 0 Å². The minimum absolute atomic E-state index is 0.0611. The molecule has 0 saturated heterocycles. The van der Waals surface area contributed by atoms with Crippen LogP contribution in [0.4, 0.5) is 0 Å². The van der Waals surface area contributed by atoms with E-state index in [1.807, 2.05) is 43.5 Å². The first-order valence-corrected chi connectivity index (χ1v) is 8.89. The fraction of sp³-hybridized carbons (Fsp3) is 0.190. The van der Waals surface area contributed by atoms with Crippen LogP contribution in [0.5, 0.6) is 0 Å². The second-order valence-electron chi connectivity index (χ2n) is 6.65. The molecule has 27 heavy (non-hydrogen) atoms. The lowest BCUT2D eigenvalue weighted by atomic mass is 10.1. The molecule has 6 nitrogen and oxygen atoms in total. The molecule has 0 aliphatic carbocycles. The van der Waals surface area contributed by atoms with Crippen molar-refractivity contribution < 1.29 is 4.79 Å². The van der Waals surface area contributed by atoms with Gasteiger partial charge >= 0.3 is 0 Å². The molecule has 1 aromatic carbocycles. The maximum atomic E-state index is 12.8. The third-order valence-electron chi connectivity index (χ3n) is 4.96. The molecule has 3 heterocycles. The number of carbonyl (C=O) groups is 1. The molecule has 136 valence electrons. The van der Waals surface area contributed by atoms with Gasteiger partial charge in [-0.2, -0.15) is 5.10 Å². The number of hydrogen-bond acceptors (Lipinski definition) is 3. The third kappa shape index (κ3) is 3.33. The van der Waals surface area contributed by atoms with Crippen molar-refractivity contribution in [3.8, 4) is 0 Å². The summed E-state index contributed by atoms with van der Waals surface area (Å²) in [6.45, 7) is 2.63. The highest BCUT2D eigenvalue weighted by Crippen LogP contribution is 2.20. The van der Waals surface area contributed by atoms with Gasteiger partial charge in [-0.3, -0.25) is 14.9 Å². The molecule has 3 aromatic heterocycles. The fourth-order valence-electron chi connectivity index (χ4n) is 3.24. The number of benzene rings is 1. The Hall–Kier alpha value is -3.41. The van der Waals surface area contributed by atoms with E-state index in [4.69, 9.17) is 0 Å². The molecule has 0 radical (unpaired) electrons. The molecular weight excluding hydrogens is 338 g/mol. The van der Waals surface area contributed by atoms with Gasteiger partial charge in [-0.15, -0.1) is 0 Å². The van der Waals surface area contributed by atoms with Crippen LogP contribution in [0.1, 0.15) is 34.7 Å². The molecule has 4 rings (SSSR count). The summed E-state index contributed by atoms with van der Waals surface area (Å²) >= 11 is 0. The first kappa shape index (κ1) is 17.0. The topological polar surface area (TPSA) is 66.8 Å². The molecular formula is C21H21N5O. The van der Waals surface area contributed by atoms with Crippen molar-refractivity contribution in [2.45, 2.75) is 19.5 Å². The lowest BCUT2D eigenvalue weighted by molar-refractivity contribution is 0.0736. The normalized spacial score (nSPS) is 12.2. The number of rotatable bonds is 5. The monoisotopic (exact) mass is 359 g/mol. The molecule has 0 fully saturated rings. The Kier molecular flexibility index (Phi) is 4.46. The second-order valence-corrected chi connectivity index (χ2v) is 6.65. The van der Waals surface area contributed by atoms with Gasteiger partial charge in [-0.1, -0.05) is 18.2 Å². The Morgan fingerprint density at radius 3 is 2.78 bits per heavy atom. The van der Waals surface area contributed by atoms with Crippen LogP contribution in [-0.2, 0) is 6.54 Å². The Balaban J connectivity index is 1.51. The highest BCUT2D eigenvalue weighted by Gasteiger charge is 2.21. The van der Waals surface area contributed by atoms with E-state index in [1.54, 1.807) is 24.3 Å². The highest BCUT2D eigenvalue weighted by molar-refractivity contribution is 5.92. The van der Waals surface area contributed by atoms with Gasteiger partial charge < -0.3 is 9.47 Å². The quantitative estimate of drug-likeness (QED) is 0.591. The van der Waals surface area contributed by atoms with Gasteiger partial charge in [0.25, 0.3) is 5.91 Å². The van der Waals surface area contributed by atoms with Crippen LogP contribution in [0, 0.1) is 0 Å². The maximum Gasteiger partial charge on any atom is 0.274 e. The highest BCUT2D eigenvalue weighted by atomic mass is 16.2. The van der Waals surface area contributed by atoms with E-state index in [-0.39, 0.29) is 11.9 Å². The summed E-state index contributed by atoms with van der Waals surface area (Å²) in [5.74, 6) is -0.112. The number of pyridine rings is 1. The van der Waals surface area contributed by atoms with Crippen LogP contribution in [-0.4, -0.2) is 37.6 Å². The number of para-hydroxylation sites is 1. The number of amides is 1. The number of H-pyrrole nitrogens is 1. The van der Waals surface area contributed by atoms with Crippen LogP contribution in [0.2, 0.25) is 0 Å². The minimum Gasteiger partial charge on any atom is -0.341 e. The standard InChI is InChI=1S/C21H21N5O/c1-15(16-7-10-22-11-8-16)25(2)21(27)19-13-18(23-24-19)14-26-12-9-17-5-3-4-6-20(17)26/h3-13,15H,14H2,1-2H3,(H,23,24)/t15-/m0/s1. The summed E-state index contributed by atoms with van der Waals surface area (Å²) in [5.41, 5.74) is 3.51. The summed E-state index contributed by atoms with van der Waals surface area (Å²) in [6, 6.07) is 15.9. The van der Waals surface area contributed by atoms with E-state index in [0.29, 0.717) is 12.2 Å². The van der Waals surface area contributed by atoms with Crippen LogP contribution in [0.15, 0.2) is 67.1 Å². The van der Waals surface area contributed by atoms with E-state index in [9.17, 15) is 4.79 Å². The lowest BCUT2D eigenvalue weighted by Crippen LogP contribution is -2.29. The van der Waals surface area contributed by atoms with Gasteiger partial charge in [-0.05, 0) is 48.2 Å².